The van der Waals surface area contributed by atoms with Gasteiger partial charge in [0, 0.05) is 6.92 Å². The van der Waals surface area contributed by atoms with E-state index in [-0.39, 0.29) is 12.4 Å². The lowest BCUT2D eigenvalue weighted by Crippen LogP contribution is -1.98. The van der Waals surface area contributed by atoms with Crippen LogP contribution in [0.25, 0.3) is 0 Å². The van der Waals surface area contributed by atoms with Gasteiger partial charge in [0.2, 0.25) is 0 Å². The molecule has 1 N–H and O–H groups in total. The number of hydrogen-bond donors (Lipinski definition) is 1. The van der Waals surface area contributed by atoms with Gasteiger partial charge in [-0.3, -0.25) is 9.59 Å². The van der Waals surface area contributed by atoms with Crippen molar-refractivity contribution in [1.82, 2.24) is 0 Å². The van der Waals surface area contributed by atoms with Crippen LogP contribution in [0.1, 0.15) is 46.5 Å². The van der Waals surface area contributed by atoms with Crippen LogP contribution in [0, 0.1) is 0 Å². The summed E-state index contributed by atoms with van der Waals surface area (Å²) in [5, 5.41) is 8.52. The van der Waals surface area contributed by atoms with Gasteiger partial charge < -0.3 is 9.84 Å². The predicted molar refractivity (Wildman–Crippen MR) is 70.3 cm³/mol. The fraction of sp³-hybridized carbons (Fsp3) is 0.571. The van der Waals surface area contributed by atoms with Gasteiger partial charge in [-0.05, 0) is 39.2 Å². The highest BCUT2D eigenvalue weighted by atomic mass is 16.5. The van der Waals surface area contributed by atoms with E-state index in [1.165, 1.54) is 12.5 Å². The maximum atomic E-state index is 10.5. The molecule has 0 heterocycles. The van der Waals surface area contributed by atoms with Crippen LogP contribution in [0.15, 0.2) is 23.3 Å². The van der Waals surface area contributed by atoms with E-state index in [2.05, 4.69) is 0 Å². The second kappa shape index (κ2) is 9.45. The molecule has 18 heavy (non-hydrogen) atoms. The maximum absolute atomic E-state index is 10.5. The highest BCUT2D eigenvalue weighted by Crippen LogP contribution is 2.12. The Morgan fingerprint density at radius 1 is 1.06 bits per heavy atom. The van der Waals surface area contributed by atoms with E-state index in [0.717, 1.165) is 24.8 Å². The van der Waals surface area contributed by atoms with Crippen LogP contribution in [0.4, 0.5) is 0 Å². The average Bonchev–Trinajstić information content (AvgIpc) is 2.25. The molecule has 102 valence electrons. The molecule has 0 aromatic heterocycles. The number of aliphatic carboxylic acids is 1. The Balaban J connectivity index is 3.79. The van der Waals surface area contributed by atoms with Crippen molar-refractivity contribution in [3.05, 3.63) is 23.3 Å². The minimum absolute atomic E-state index is 0.0904. The normalized spacial score (nSPS) is 12.4. The van der Waals surface area contributed by atoms with Gasteiger partial charge in [0.05, 0.1) is 6.42 Å². The number of carboxylic acid groups (broad SMARTS) is 1. The summed E-state index contributed by atoms with van der Waals surface area (Å²) in [4.78, 5) is 20.9. The molecule has 0 aliphatic heterocycles. The largest absolute Gasteiger partial charge is 0.481 e. The number of carbonyl (C=O) groups is 2. The first-order valence-electron chi connectivity index (χ1n) is 6.08. The van der Waals surface area contributed by atoms with E-state index in [9.17, 15) is 9.59 Å². The maximum Gasteiger partial charge on any atom is 0.307 e. The van der Waals surface area contributed by atoms with Crippen molar-refractivity contribution in [3.63, 3.8) is 0 Å². The minimum Gasteiger partial charge on any atom is -0.481 e. The molecular formula is C14H22O4. The molecule has 0 amide bonds. The van der Waals surface area contributed by atoms with Gasteiger partial charge in [0.25, 0.3) is 0 Å². The Morgan fingerprint density at radius 3 is 2.11 bits per heavy atom. The second-order valence-electron chi connectivity index (χ2n) is 4.35. The van der Waals surface area contributed by atoms with E-state index < -0.39 is 5.97 Å². The van der Waals surface area contributed by atoms with Gasteiger partial charge in [-0.25, -0.2) is 0 Å². The van der Waals surface area contributed by atoms with Crippen LogP contribution >= 0.6 is 0 Å². The summed E-state index contributed by atoms with van der Waals surface area (Å²) in [6.07, 6.45) is 6.54. The lowest BCUT2D eigenvalue weighted by Gasteiger charge is -2.03. The van der Waals surface area contributed by atoms with E-state index in [0.29, 0.717) is 6.61 Å². The third-order valence-electron chi connectivity index (χ3n) is 2.49. The summed E-state index contributed by atoms with van der Waals surface area (Å²) in [6.45, 7) is 5.66. The SMILES string of the molecule is CC(=O)OCC=C(C)CCCC(C)=CCC(=O)O. The van der Waals surface area contributed by atoms with Crippen molar-refractivity contribution < 1.29 is 19.4 Å². The first kappa shape index (κ1) is 16.4. The highest BCUT2D eigenvalue weighted by Gasteiger charge is 1.96. The minimum atomic E-state index is -0.799. The Bertz CT molecular complexity index is 340. The molecule has 4 heteroatoms. The van der Waals surface area contributed by atoms with E-state index in [1.54, 1.807) is 6.08 Å². The monoisotopic (exact) mass is 254 g/mol. The summed E-state index contributed by atoms with van der Waals surface area (Å²) >= 11 is 0. The van der Waals surface area contributed by atoms with Crippen LogP contribution in [0.3, 0.4) is 0 Å². The molecule has 0 aromatic rings. The summed E-state index contributed by atoms with van der Waals surface area (Å²) < 4.78 is 4.81. The van der Waals surface area contributed by atoms with E-state index in [1.807, 2.05) is 19.9 Å². The second-order valence-corrected chi connectivity index (χ2v) is 4.35. The van der Waals surface area contributed by atoms with Crippen LogP contribution in [0.5, 0.6) is 0 Å². The molecule has 4 nitrogen and oxygen atoms in total. The van der Waals surface area contributed by atoms with Crippen LogP contribution in [-0.4, -0.2) is 23.7 Å². The molecule has 0 spiro atoms. The third kappa shape index (κ3) is 10.9. The van der Waals surface area contributed by atoms with Crippen molar-refractivity contribution >= 4 is 11.9 Å². The Hall–Kier alpha value is -1.58. The molecule has 0 bridgehead atoms. The molecule has 0 aromatic carbocycles. The van der Waals surface area contributed by atoms with Gasteiger partial charge >= 0.3 is 11.9 Å². The summed E-state index contributed by atoms with van der Waals surface area (Å²) in [5.74, 6) is -1.07. The Kier molecular flexibility index (Phi) is 8.62. The molecule has 0 rings (SSSR count). The summed E-state index contributed by atoms with van der Waals surface area (Å²) in [5.41, 5.74) is 2.28. The average molecular weight is 254 g/mol. The number of carbonyl (C=O) groups excluding carboxylic acids is 1. The van der Waals surface area contributed by atoms with E-state index in [4.69, 9.17) is 9.84 Å². The molecule has 0 fully saturated rings. The zero-order chi connectivity index (χ0) is 14.0. The summed E-state index contributed by atoms with van der Waals surface area (Å²) in [6, 6.07) is 0. The first-order valence-corrected chi connectivity index (χ1v) is 6.08. The third-order valence-corrected chi connectivity index (χ3v) is 2.49. The standard InChI is InChI=1S/C14H22O4/c1-11(7-8-14(16)17)5-4-6-12(2)9-10-18-13(3)15/h7,9H,4-6,8,10H2,1-3H3,(H,16,17). The molecular weight excluding hydrogens is 232 g/mol. The van der Waals surface area contributed by atoms with Crippen molar-refractivity contribution in [1.29, 1.82) is 0 Å². The zero-order valence-corrected chi connectivity index (χ0v) is 11.4. The lowest BCUT2D eigenvalue weighted by atomic mass is 10.1. The van der Waals surface area contributed by atoms with Gasteiger partial charge in [-0.15, -0.1) is 0 Å². The number of hydrogen-bond acceptors (Lipinski definition) is 3. The van der Waals surface area contributed by atoms with Crippen molar-refractivity contribution in [2.24, 2.45) is 0 Å². The molecule has 0 radical (unpaired) electrons. The molecule has 0 unspecified atom stereocenters. The number of rotatable bonds is 8. The zero-order valence-electron chi connectivity index (χ0n) is 11.4. The molecule has 0 aliphatic rings. The highest BCUT2D eigenvalue weighted by molar-refractivity contribution is 5.68. The Morgan fingerprint density at radius 2 is 1.61 bits per heavy atom. The van der Waals surface area contributed by atoms with Gasteiger partial charge in [0.15, 0.2) is 0 Å². The van der Waals surface area contributed by atoms with Gasteiger partial charge in [-0.1, -0.05) is 17.2 Å². The molecule has 0 aliphatic carbocycles. The van der Waals surface area contributed by atoms with Crippen molar-refractivity contribution in [2.75, 3.05) is 6.61 Å². The van der Waals surface area contributed by atoms with Crippen LogP contribution in [0.2, 0.25) is 0 Å². The first-order chi connectivity index (χ1) is 8.41. The van der Waals surface area contributed by atoms with E-state index >= 15 is 0 Å². The van der Waals surface area contributed by atoms with Crippen molar-refractivity contribution in [2.45, 2.75) is 46.5 Å². The number of allylic oxidation sites excluding steroid dienone is 2. The molecule has 0 saturated carbocycles. The van der Waals surface area contributed by atoms with Crippen molar-refractivity contribution in [3.8, 4) is 0 Å². The number of ether oxygens (including phenoxy) is 1. The fourth-order valence-corrected chi connectivity index (χ4v) is 1.41. The smallest absolute Gasteiger partial charge is 0.307 e. The van der Waals surface area contributed by atoms with Gasteiger partial charge in [0.1, 0.15) is 6.61 Å². The molecule has 0 atom stereocenters. The quantitative estimate of drug-likeness (QED) is 0.534. The number of carboxylic acids is 1. The Labute approximate surface area is 108 Å². The van der Waals surface area contributed by atoms with Crippen LogP contribution < -0.4 is 0 Å². The number of esters is 1. The fourth-order valence-electron chi connectivity index (χ4n) is 1.41. The predicted octanol–water partition coefficient (Wildman–Crippen LogP) is 3.09. The lowest BCUT2D eigenvalue weighted by molar-refractivity contribution is -0.139. The summed E-state index contributed by atoms with van der Waals surface area (Å²) in [7, 11) is 0. The topological polar surface area (TPSA) is 63.6 Å². The molecule has 0 saturated heterocycles. The van der Waals surface area contributed by atoms with Gasteiger partial charge in [-0.2, -0.15) is 0 Å². The van der Waals surface area contributed by atoms with Crippen LogP contribution in [-0.2, 0) is 14.3 Å².